The van der Waals surface area contributed by atoms with E-state index in [0.717, 1.165) is 0 Å². The van der Waals surface area contributed by atoms with Gasteiger partial charge in [-0.15, -0.1) is 0 Å². The Balaban J connectivity index is 2.18. The Morgan fingerprint density at radius 1 is 1.03 bits per heavy atom. The Morgan fingerprint density at radius 3 is 2.41 bits per heavy atom. The zero-order valence-electron chi connectivity index (χ0n) is 17.6. The van der Waals surface area contributed by atoms with Crippen LogP contribution in [0.3, 0.4) is 0 Å². The average molecular weight is 462 g/mol. The molecule has 11 nitrogen and oxygen atoms in total. The molecule has 0 unspecified atom stereocenters. The standard InChI is InChI=1S/C20H23N5O6S/c1-3-13-32(27,28)25-17-16(31-15-8-5-4-7-14(15)29-2)20(30-12-11-26)24-19(23-17)18-21-9-6-10-22-18/h4-10,26H,3,11-13H2,1-2H3,(H,23,24,25). The van der Waals surface area contributed by atoms with Crippen LogP contribution in [-0.2, 0) is 10.0 Å². The molecule has 2 N–H and O–H groups in total. The van der Waals surface area contributed by atoms with Gasteiger partial charge in [0.1, 0.15) is 6.61 Å². The molecule has 170 valence electrons. The average Bonchev–Trinajstić information content (AvgIpc) is 2.79. The number of aliphatic hydroxyl groups is 1. The molecule has 1 aromatic carbocycles. The molecule has 0 saturated heterocycles. The summed E-state index contributed by atoms with van der Waals surface area (Å²) in [5.74, 6) is 0.371. The van der Waals surface area contributed by atoms with Crippen molar-refractivity contribution in [2.75, 3.05) is 30.8 Å². The topological polar surface area (TPSA) is 146 Å². The quantitative estimate of drug-likeness (QED) is 0.436. The van der Waals surface area contributed by atoms with Crippen LogP contribution in [0.15, 0.2) is 42.7 Å². The Bertz CT molecular complexity index is 1140. The maximum absolute atomic E-state index is 12.5. The fourth-order valence-corrected chi connectivity index (χ4v) is 3.70. The summed E-state index contributed by atoms with van der Waals surface area (Å²) >= 11 is 0. The lowest BCUT2D eigenvalue weighted by atomic mass is 10.3. The molecule has 3 rings (SSSR count). The Kier molecular flexibility index (Phi) is 7.73. The Labute approximate surface area is 185 Å². The summed E-state index contributed by atoms with van der Waals surface area (Å²) in [4.78, 5) is 16.8. The van der Waals surface area contributed by atoms with Crippen molar-refractivity contribution in [3.8, 4) is 34.8 Å². The van der Waals surface area contributed by atoms with Gasteiger partial charge in [-0.05, 0) is 24.6 Å². The third-order valence-corrected chi connectivity index (χ3v) is 5.39. The Morgan fingerprint density at radius 2 is 1.75 bits per heavy atom. The van der Waals surface area contributed by atoms with Crippen LogP contribution in [0.5, 0.6) is 23.1 Å². The lowest BCUT2D eigenvalue weighted by Gasteiger charge is -2.17. The molecule has 0 bridgehead atoms. The molecule has 0 atom stereocenters. The number of para-hydroxylation sites is 2. The molecule has 0 aliphatic carbocycles. The lowest BCUT2D eigenvalue weighted by Crippen LogP contribution is -2.19. The number of hydrogen-bond acceptors (Lipinski definition) is 10. The maximum Gasteiger partial charge on any atom is 0.263 e. The lowest BCUT2D eigenvalue weighted by molar-refractivity contribution is 0.192. The number of nitrogens with zero attached hydrogens (tertiary/aromatic N) is 4. The summed E-state index contributed by atoms with van der Waals surface area (Å²) in [7, 11) is -2.27. The third kappa shape index (κ3) is 5.80. The number of methoxy groups -OCH3 is 1. The summed E-state index contributed by atoms with van der Waals surface area (Å²) < 4.78 is 44.3. The number of aliphatic hydroxyl groups excluding tert-OH is 1. The highest BCUT2D eigenvalue weighted by Gasteiger charge is 2.24. The molecule has 32 heavy (non-hydrogen) atoms. The fraction of sp³-hybridized carbons (Fsp3) is 0.300. The van der Waals surface area contributed by atoms with Crippen LogP contribution in [0.25, 0.3) is 11.6 Å². The monoisotopic (exact) mass is 461 g/mol. The van der Waals surface area contributed by atoms with Crippen LogP contribution in [0.1, 0.15) is 13.3 Å². The molecule has 0 aliphatic rings. The van der Waals surface area contributed by atoms with Crippen molar-refractivity contribution < 1.29 is 27.7 Å². The number of benzene rings is 1. The zero-order valence-corrected chi connectivity index (χ0v) is 18.4. The summed E-state index contributed by atoms with van der Waals surface area (Å²) in [5, 5.41) is 9.24. The predicted molar refractivity (Wildman–Crippen MR) is 116 cm³/mol. The molecular weight excluding hydrogens is 438 g/mol. The second-order valence-electron chi connectivity index (χ2n) is 6.35. The molecule has 0 fully saturated rings. The van der Waals surface area contributed by atoms with Gasteiger partial charge in [0, 0.05) is 12.4 Å². The first-order chi connectivity index (χ1) is 15.5. The van der Waals surface area contributed by atoms with E-state index in [4.69, 9.17) is 14.2 Å². The van der Waals surface area contributed by atoms with Gasteiger partial charge in [-0.2, -0.15) is 4.98 Å². The normalized spacial score (nSPS) is 11.1. The van der Waals surface area contributed by atoms with Gasteiger partial charge in [0.2, 0.25) is 21.6 Å². The second-order valence-corrected chi connectivity index (χ2v) is 8.19. The van der Waals surface area contributed by atoms with E-state index in [1.807, 2.05) is 0 Å². The zero-order chi connectivity index (χ0) is 23.0. The summed E-state index contributed by atoms with van der Waals surface area (Å²) in [5.41, 5.74) is 0. The highest BCUT2D eigenvalue weighted by Crippen LogP contribution is 2.41. The Hall–Kier alpha value is -3.51. The molecule has 2 heterocycles. The van der Waals surface area contributed by atoms with Crippen LogP contribution in [-0.4, -0.2) is 59.5 Å². The molecule has 12 heteroatoms. The highest BCUT2D eigenvalue weighted by molar-refractivity contribution is 7.92. The number of sulfonamides is 1. The summed E-state index contributed by atoms with van der Waals surface area (Å²) in [6, 6.07) is 8.41. The maximum atomic E-state index is 12.5. The van der Waals surface area contributed by atoms with Gasteiger partial charge in [-0.25, -0.2) is 23.4 Å². The largest absolute Gasteiger partial charge is 0.493 e. The van der Waals surface area contributed by atoms with Gasteiger partial charge in [-0.1, -0.05) is 19.1 Å². The number of nitrogens with one attached hydrogen (secondary N) is 1. The van der Waals surface area contributed by atoms with Gasteiger partial charge >= 0.3 is 0 Å². The van der Waals surface area contributed by atoms with Crippen LogP contribution in [0, 0.1) is 0 Å². The van der Waals surface area contributed by atoms with Crippen LogP contribution < -0.4 is 18.9 Å². The minimum absolute atomic E-state index is 0.0140. The highest BCUT2D eigenvalue weighted by atomic mass is 32.2. The smallest absolute Gasteiger partial charge is 0.263 e. The van der Waals surface area contributed by atoms with Crippen molar-refractivity contribution in [1.29, 1.82) is 0 Å². The van der Waals surface area contributed by atoms with Crippen molar-refractivity contribution in [2.24, 2.45) is 0 Å². The number of ether oxygens (including phenoxy) is 3. The first-order valence-corrected chi connectivity index (χ1v) is 11.4. The minimum Gasteiger partial charge on any atom is -0.493 e. The molecule has 0 aliphatic heterocycles. The van der Waals surface area contributed by atoms with E-state index < -0.39 is 10.0 Å². The molecule has 2 aromatic heterocycles. The van der Waals surface area contributed by atoms with E-state index in [0.29, 0.717) is 12.2 Å². The first-order valence-electron chi connectivity index (χ1n) is 9.71. The van der Waals surface area contributed by atoms with Gasteiger partial charge in [-0.3, -0.25) is 4.72 Å². The van der Waals surface area contributed by atoms with Crippen molar-refractivity contribution in [3.05, 3.63) is 42.7 Å². The van der Waals surface area contributed by atoms with Crippen LogP contribution in [0.4, 0.5) is 5.82 Å². The number of rotatable bonds is 11. The summed E-state index contributed by atoms with van der Waals surface area (Å²) in [6.45, 7) is 1.33. The van der Waals surface area contributed by atoms with E-state index in [9.17, 15) is 13.5 Å². The number of anilines is 1. The molecule has 0 amide bonds. The van der Waals surface area contributed by atoms with Crippen LogP contribution >= 0.6 is 0 Å². The predicted octanol–water partition coefficient (Wildman–Crippen LogP) is 2.26. The fourth-order valence-electron chi connectivity index (χ4n) is 2.63. The molecule has 0 radical (unpaired) electrons. The third-order valence-electron chi connectivity index (χ3n) is 3.94. The van der Waals surface area contributed by atoms with E-state index in [2.05, 4.69) is 24.7 Å². The first kappa shape index (κ1) is 23.2. The van der Waals surface area contributed by atoms with Gasteiger partial charge < -0.3 is 19.3 Å². The van der Waals surface area contributed by atoms with E-state index in [1.54, 1.807) is 37.3 Å². The van der Waals surface area contributed by atoms with E-state index in [1.165, 1.54) is 19.5 Å². The van der Waals surface area contributed by atoms with Crippen molar-refractivity contribution in [2.45, 2.75) is 13.3 Å². The minimum atomic E-state index is -3.75. The number of hydrogen-bond donors (Lipinski definition) is 2. The second kappa shape index (κ2) is 10.7. The van der Waals surface area contributed by atoms with Gasteiger partial charge in [0.15, 0.2) is 23.1 Å². The van der Waals surface area contributed by atoms with Crippen molar-refractivity contribution in [3.63, 3.8) is 0 Å². The molecule has 0 spiro atoms. The van der Waals surface area contributed by atoms with Gasteiger partial charge in [0.25, 0.3) is 5.88 Å². The van der Waals surface area contributed by atoms with E-state index >= 15 is 0 Å². The molecule has 3 aromatic rings. The van der Waals surface area contributed by atoms with Crippen molar-refractivity contribution >= 4 is 15.8 Å². The van der Waals surface area contributed by atoms with Crippen molar-refractivity contribution in [1.82, 2.24) is 19.9 Å². The van der Waals surface area contributed by atoms with Crippen LogP contribution in [0.2, 0.25) is 0 Å². The van der Waals surface area contributed by atoms with E-state index in [-0.39, 0.29) is 53.8 Å². The SMILES string of the molecule is CCCS(=O)(=O)Nc1nc(-c2ncccn2)nc(OCCO)c1Oc1ccccc1OC. The van der Waals surface area contributed by atoms with Gasteiger partial charge in [0.05, 0.1) is 19.5 Å². The molecule has 0 saturated carbocycles. The summed E-state index contributed by atoms with van der Waals surface area (Å²) in [6.07, 6.45) is 3.39. The number of aromatic nitrogens is 4. The molecular formula is C20H23N5O6S.